The second kappa shape index (κ2) is 2.25. The largest absolute Gasteiger partial charge is 0.297 e. The van der Waals surface area contributed by atoms with Gasteiger partial charge in [0.1, 0.15) is 0 Å². The summed E-state index contributed by atoms with van der Waals surface area (Å²) in [6.45, 7) is 8.14. The standard InChI is InChI=1S/C10H17F2N/c1-8(2,3)13-6-9(7-13)4-10(11,12)5-9/h4-7H2,1-3H3. The highest BCUT2D eigenvalue weighted by atomic mass is 19.3. The molecular weight excluding hydrogens is 172 g/mol. The van der Waals surface area contributed by atoms with Crippen molar-refractivity contribution in [2.24, 2.45) is 5.41 Å². The Bertz CT molecular complexity index is 214. The van der Waals surface area contributed by atoms with Crippen LogP contribution in [0.5, 0.6) is 0 Å². The molecule has 0 aromatic rings. The van der Waals surface area contributed by atoms with Gasteiger partial charge < -0.3 is 0 Å². The molecule has 3 heteroatoms. The highest BCUT2D eigenvalue weighted by molar-refractivity contribution is 5.09. The first kappa shape index (κ1) is 9.38. The smallest absolute Gasteiger partial charge is 0.249 e. The van der Waals surface area contributed by atoms with Crippen LogP contribution in [0.3, 0.4) is 0 Å². The maximum Gasteiger partial charge on any atom is 0.249 e. The van der Waals surface area contributed by atoms with Crippen molar-refractivity contribution in [3.8, 4) is 0 Å². The van der Waals surface area contributed by atoms with Crippen LogP contribution in [-0.4, -0.2) is 29.5 Å². The third-order valence-electron chi connectivity index (χ3n) is 3.27. The minimum Gasteiger partial charge on any atom is -0.297 e. The molecule has 0 atom stereocenters. The summed E-state index contributed by atoms with van der Waals surface area (Å²) in [5, 5.41) is 0. The molecule has 13 heavy (non-hydrogen) atoms. The maximum absolute atomic E-state index is 12.7. The minimum absolute atomic E-state index is 0.0171. The van der Waals surface area contributed by atoms with E-state index < -0.39 is 5.92 Å². The first-order chi connectivity index (χ1) is 5.73. The Morgan fingerprint density at radius 2 is 1.54 bits per heavy atom. The van der Waals surface area contributed by atoms with Gasteiger partial charge in [0.2, 0.25) is 5.92 Å². The Morgan fingerprint density at radius 1 is 1.08 bits per heavy atom. The third-order valence-corrected chi connectivity index (χ3v) is 3.27. The van der Waals surface area contributed by atoms with Gasteiger partial charge in [0.15, 0.2) is 0 Å². The van der Waals surface area contributed by atoms with E-state index in [1.165, 1.54) is 0 Å². The van der Waals surface area contributed by atoms with Gasteiger partial charge >= 0.3 is 0 Å². The monoisotopic (exact) mass is 189 g/mol. The molecule has 2 fully saturated rings. The lowest BCUT2D eigenvalue weighted by Gasteiger charge is -2.62. The summed E-state index contributed by atoms with van der Waals surface area (Å²) >= 11 is 0. The van der Waals surface area contributed by atoms with Gasteiger partial charge in [-0.2, -0.15) is 0 Å². The SMILES string of the molecule is CC(C)(C)N1CC2(C1)CC(F)(F)C2. The summed E-state index contributed by atoms with van der Waals surface area (Å²) in [7, 11) is 0. The summed E-state index contributed by atoms with van der Waals surface area (Å²) in [5.74, 6) is -2.36. The van der Waals surface area contributed by atoms with Crippen molar-refractivity contribution in [3.05, 3.63) is 0 Å². The topological polar surface area (TPSA) is 3.24 Å². The average Bonchev–Trinajstić information content (AvgIpc) is 1.72. The Balaban J connectivity index is 1.87. The van der Waals surface area contributed by atoms with Crippen LogP contribution in [0.25, 0.3) is 0 Å². The molecule has 0 radical (unpaired) electrons. The van der Waals surface area contributed by atoms with Crippen LogP contribution in [0.2, 0.25) is 0 Å². The summed E-state index contributed by atoms with van der Waals surface area (Å²) in [5.41, 5.74) is 0.132. The number of nitrogens with zero attached hydrogens (tertiary/aromatic N) is 1. The van der Waals surface area contributed by atoms with Gasteiger partial charge in [-0.1, -0.05) is 0 Å². The number of rotatable bonds is 0. The number of hydrogen-bond acceptors (Lipinski definition) is 1. The summed E-state index contributed by atoms with van der Waals surface area (Å²) in [6, 6.07) is 0. The van der Waals surface area contributed by atoms with E-state index in [2.05, 4.69) is 25.7 Å². The zero-order chi connectivity index (χ0) is 9.91. The molecule has 0 aromatic heterocycles. The van der Waals surface area contributed by atoms with Crippen LogP contribution in [0.1, 0.15) is 33.6 Å². The van der Waals surface area contributed by atoms with E-state index in [1.54, 1.807) is 0 Å². The molecule has 0 aromatic carbocycles. The van der Waals surface area contributed by atoms with Gasteiger partial charge in [-0.25, -0.2) is 8.78 Å². The average molecular weight is 189 g/mol. The van der Waals surface area contributed by atoms with E-state index in [1.807, 2.05) is 0 Å². The molecule has 0 N–H and O–H groups in total. The zero-order valence-corrected chi connectivity index (χ0v) is 8.53. The van der Waals surface area contributed by atoms with Crippen molar-refractivity contribution < 1.29 is 8.78 Å². The van der Waals surface area contributed by atoms with E-state index in [9.17, 15) is 8.78 Å². The van der Waals surface area contributed by atoms with Crippen molar-refractivity contribution in [1.29, 1.82) is 0 Å². The molecule has 1 aliphatic heterocycles. The van der Waals surface area contributed by atoms with Crippen LogP contribution >= 0.6 is 0 Å². The van der Waals surface area contributed by atoms with Crippen LogP contribution in [0.4, 0.5) is 8.78 Å². The van der Waals surface area contributed by atoms with Crippen molar-refractivity contribution in [2.75, 3.05) is 13.1 Å². The van der Waals surface area contributed by atoms with Crippen molar-refractivity contribution in [2.45, 2.75) is 45.1 Å². The Kier molecular flexibility index (Phi) is 1.62. The van der Waals surface area contributed by atoms with Crippen LogP contribution in [0.15, 0.2) is 0 Å². The fourth-order valence-corrected chi connectivity index (χ4v) is 2.51. The Labute approximate surface area is 78.1 Å². The summed E-state index contributed by atoms with van der Waals surface area (Å²) in [4.78, 5) is 2.28. The quantitative estimate of drug-likeness (QED) is 0.566. The second-order valence-corrected chi connectivity index (χ2v) is 5.74. The number of likely N-dealkylation sites (tertiary alicyclic amines) is 1. The van der Waals surface area contributed by atoms with E-state index in [0.29, 0.717) is 0 Å². The lowest BCUT2D eigenvalue weighted by atomic mass is 9.60. The molecule has 1 aliphatic carbocycles. The molecule has 1 spiro atoms. The fraction of sp³-hybridized carbons (Fsp3) is 1.00. The Hall–Kier alpha value is -0.180. The molecule has 1 heterocycles. The molecule has 1 saturated heterocycles. The fourth-order valence-electron chi connectivity index (χ4n) is 2.51. The minimum atomic E-state index is -2.36. The third kappa shape index (κ3) is 1.47. The van der Waals surface area contributed by atoms with Crippen molar-refractivity contribution in [1.82, 2.24) is 4.90 Å². The van der Waals surface area contributed by atoms with E-state index in [-0.39, 0.29) is 23.8 Å². The van der Waals surface area contributed by atoms with Gasteiger partial charge in [0, 0.05) is 36.9 Å². The Morgan fingerprint density at radius 3 is 1.85 bits per heavy atom. The van der Waals surface area contributed by atoms with Gasteiger partial charge in [-0.15, -0.1) is 0 Å². The van der Waals surface area contributed by atoms with Crippen LogP contribution in [-0.2, 0) is 0 Å². The summed E-state index contributed by atoms with van der Waals surface area (Å²) < 4.78 is 25.3. The summed E-state index contributed by atoms with van der Waals surface area (Å²) in [6.07, 6.45) is 0.235. The van der Waals surface area contributed by atoms with Crippen molar-refractivity contribution >= 4 is 0 Å². The molecule has 0 bridgehead atoms. The van der Waals surface area contributed by atoms with Crippen LogP contribution in [0, 0.1) is 5.41 Å². The highest BCUT2D eigenvalue weighted by Crippen LogP contribution is 2.57. The maximum atomic E-state index is 12.7. The number of hydrogen-bond donors (Lipinski definition) is 0. The normalized spacial score (nSPS) is 31.2. The molecule has 1 nitrogen and oxygen atoms in total. The predicted molar refractivity (Wildman–Crippen MR) is 47.9 cm³/mol. The second-order valence-electron chi connectivity index (χ2n) is 5.74. The molecule has 1 saturated carbocycles. The van der Waals surface area contributed by atoms with E-state index in [4.69, 9.17) is 0 Å². The van der Waals surface area contributed by atoms with Crippen LogP contribution < -0.4 is 0 Å². The van der Waals surface area contributed by atoms with Gasteiger partial charge in [0.25, 0.3) is 0 Å². The first-order valence-corrected chi connectivity index (χ1v) is 4.86. The lowest BCUT2D eigenvalue weighted by Crippen LogP contribution is -2.69. The molecular formula is C10H17F2N. The van der Waals surface area contributed by atoms with E-state index >= 15 is 0 Å². The van der Waals surface area contributed by atoms with Gasteiger partial charge in [0.05, 0.1) is 0 Å². The van der Waals surface area contributed by atoms with Gasteiger partial charge in [-0.3, -0.25) is 4.90 Å². The molecule has 0 amide bonds. The zero-order valence-electron chi connectivity index (χ0n) is 8.53. The highest BCUT2D eigenvalue weighted by Gasteiger charge is 2.62. The molecule has 76 valence electrons. The van der Waals surface area contributed by atoms with E-state index in [0.717, 1.165) is 13.1 Å². The molecule has 2 rings (SSSR count). The molecule has 0 unspecified atom stereocenters. The lowest BCUT2D eigenvalue weighted by molar-refractivity contribution is -0.227. The molecule has 2 aliphatic rings. The number of alkyl halides is 2. The number of halogens is 2. The first-order valence-electron chi connectivity index (χ1n) is 4.86. The van der Waals surface area contributed by atoms with Crippen molar-refractivity contribution in [3.63, 3.8) is 0 Å². The van der Waals surface area contributed by atoms with Gasteiger partial charge in [-0.05, 0) is 20.8 Å². The predicted octanol–water partition coefficient (Wildman–Crippen LogP) is 2.52.